The van der Waals surface area contributed by atoms with Gasteiger partial charge in [0.1, 0.15) is 5.69 Å². The maximum Gasteiger partial charge on any atom is 0.328 e. The van der Waals surface area contributed by atoms with E-state index >= 15 is 0 Å². The molecule has 0 spiro atoms. The molecule has 3 rings (SSSR count). The third kappa shape index (κ3) is 2.79. The van der Waals surface area contributed by atoms with E-state index in [1.807, 2.05) is 41.2 Å². The summed E-state index contributed by atoms with van der Waals surface area (Å²) in [7, 11) is 0. The molecule has 2 N–H and O–H groups in total. The lowest BCUT2D eigenvalue weighted by Crippen LogP contribution is -2.00. The predicted molar refractivity (Wildman–Crippen MR) is 86.6 cm³/mol. The van der Waals surface area contributed by atoms with Crippen molar-refractivity contribution in [1.29, 1.82) is 0 Å². The number of aliphatic carboxylic acids is 1. The summed E-state index contributed by atoms with van der Waals surface area (Å²) < 4.78 is 1.92. The number of fused-ring (bicyclic) bond motifs is 1. The molecule has 0 unspecified atom stereocenters. The first-order chi connectivity index (χ1) is 10.5. The van der Waals surface area contributed by atoms with Gasteiger partial charge in [-0.1, -0.05) is 6.07 Å². The number of H-pyrrole nitrogens is 1. The van der Waals surface area contributed by atoms with E-state index in [1.165, 1.54) is 0 Å². The fraction of sp³-hybridized carbons (Fsp3) is 0.176. The maximum absolute atomic E-state index is 10.6. The molecule has 0 fully saturated rings. The summed E-state index contributed by atoms with van der Waals surface area (Å²) in [5.41, 5.74) is 3.70. The van der Waals surface area contributed by atoms with E-state index in [4.69, 9.17) is 5.11 Å². The van der Waals surface area contributed by atoms with Gasteiger partial charge in [-0.3, -0.25) is 4.68 Å². The number of hydrogen-bond acceptors (Lipinski definition) is 2. The van der Waals surface area contributed by atoms with Crippen LogP contribution in [0, 0.1) is 0 Å². The molecule has 5 heteroatoms. The Morgan fingerprint density at radius 2 is 2.14 bits per heavy atom. The van der Waals surface area contributed by atoms with Crippen molar-refractivity contribution in [3.63, 3.8) is 0 Å². The maximum atomic E-state index is 10.6. The zero-order valence-corrected chi connectivity index (χ0v) is 12.4. The van der Waals surface area contributed by atoms with Crippen LogP contribution in [-0.2, 0) is 4.79 Å². The van der Waals surface area contributed by atoms with E-state index in [1.54, 1.807) is 6.08 Å². The van der Waals surface area contributed by atoms with Crippen LogP contribution in [-0.4, -0.2) is 25.8 Å². The van der Waals surface area contributed by atoms with E-state index in [-0.39, 0.29) is 0 Å². The fourth-order valence-corrected chi connectivity index (χ4v) is 2.33. The van der Waals surface area contributed by atoms with Crippen LogP contribution in [0.1, 0.15) is 25.5 Å². The molecular formula is C17H17N3O2. The monoisotopic (exact) mass is 295 g/mol. The summed E-state index contributed by atoms with van der Waals surface area (Å²) >= 11 is 0. The van der Waals surface area contributed by atoms with Gasteiger partial charge in [-0.2, -0.15) is 5.10 Å². The molecule has 0 saturated heterocycles. The van der Waals surface area contributed by atoms with Crippen LogP contribution in [0.2, 0.25) is 0 Å². The van der Waals surface area contributed by atoms with Crippen molar-refractivity contribution in [3.8, 4) is 11.4 Å². The number of benzene rings is 1. The number of aromatic amines is 1. The average Bonchev–Trinajstić information content (AvgIpc) is 3.10. The lowest BCUT2D eigenvalue weighted by Gasteiger charge is -2.03. The fourth-order valence-electron chi connectivity index (χ4n) is 2.33. The predicted octanol–water partition coefficient (Wildman–Crippen LogP) is 3.71. The minimum Gasteiger partial charge on any atom is -0.478 e. The van der Waals surface area contributed by atoms with E-state index in [9.17, 15) is 4.79 Å². The Kier molecular flexibility index (Phi) is 3.55. The highest BCUT2D eigenvalue weighted by molar-refractivity contribution is 5.89. The second-order valence-electron chi connectivity index (χ2n) is 5.48. The van der Waals surface area contributed by atoms with Crippen LogP contribution < -0.4 is 0 Å². The Labute approximate surface area is 127 Å². The van der Waals surface area contributed by atoms with Gasteiger partial charge in [0.15, 0.2) is 0 Å². The summed E-state index contributed by atoms with van der Waals surface area (Å²) in [5.74, 6) is -0.950. The number of nitrogens with one attached hydrogen (secondary N) is 1. The molecule has 0 aliphatic carbocycles. The lowest BCUT2D eigenvalue weighted by atomic mass is 10.1. The molecule has 5 nitrogen and oxygen atoms in total. The normalized spacial score (nSPS) is 11.8. The highest BCUT2D eigenvalue weighted by Gasteiger charge is 2.08. The van der Waals surface area contributed by atoms with Crippen molar-refractivity contribution < 1.29 is 9.90 Å². The van der Waals surface area contributed by atoms with Crippen molar-refractivity contribution in [2.75, 3.05) is 0 Å². The van der Waals surface area contributed by atoms with Crippen LogP contribution in [0.4, 0.5) is 0 Å². The lowest BCUT2D eigenvalue weighted by molar-refractivity contribution is -0.131. The molecule has 0 bridgehead atoms. The van der Waals surface area contributed by atoms with Gasteiger partial charge in [0.25, 0.3) is 0 Å². The quantitative estimate of drug-likeness (QED) is 0.721. The number of carboxylic acid groups (broad SMARTS) is 1. The van der Waals surface area contributed by atoms with Gasteiger partial charge in [-0.05, 0) is 49.8 Å². The Hall–Kier alpha value is -2.82. The summed E-state index contributed by atoms with van der Waals surface area (Å²) in [4.78, 5) is 13.9. The third-order valence-electron chi connectivity index (χ3n) is 3.48. The second-order valence-corrected chi connectivity index (χ2v) is 5.48. The first kappa shape index (κ1) is 14.1. The molecule has 0 saturated carbocycles. The molecule has 3 aromatic rings. The molecule has 1 aromatic carbocycles. The van der Waals surface area contributed by atoms with Crippen molar-refractivity contribution in [2.24, 2.45) is 0 Å². The average molecular weight is 295 g/mol. The zero-order chi connectivity index (χ0) is 15.7. The van der Waals surface area contributed by atoms with Gasteiger partial charge in [-0.25, -0.2) is 4.79 Å². The van der Waals surface area contributed by atoms with E-state index < -0.39 is 5.97 Å². The molecule has 22 heavy (non-hydrogen) atoms. The van der Waals surface area contributed by atoms with Crippen LogP contribution in [0.15, 0.2) is 42.6 Å². The van der Waals surface area contributed by atoms with Gasteiger partial charge >= 0.3 is 5.97 Å². The second kappa shape index (κ2) is 5.52. The van der Waals surface area contributed by atoms with E-state index in [0.29, 0.717) is 6.04 Å². The van der Waals surface area contributed by atoms with Crippen molar-refractivity contribution in [1.82, 2.24) is 14.8 Å². The summed E-state index contributed by atoms with van der Waals surface area (Å²) in [5, 5.41) is 14.3. The SMILES string of the molecule is CC(C)n1ccc(-c2cc3cc(/C=C/C(=O)O)ccc3[nH]2)n1. The van der Waals surface area contributed by atoms with Crippen molar-refractivity contribution in [3.05, 3.63) is 48.2 Å². The highest BCUT2D eigenvalue weighted by Crippen LogP contribution is 2.24. The van der Waals surface area contributed by atoms with Gasteiger partial charge in [0.05, 0.1) is 5.69 Å². The Morgan fingerprint density at radius 3 is 2.82 bits per heavy atom. The van der Waals surface area contributed by atoms with Crippen molar-refractivity contribution >= 4 is 22.9 Å². The molecule has 0 amide bonds. The van der Waals surface area contributed by atoms with Crippen molar-refractivity contribution in [2.45, 2.75) is 19.9 Å². The molecular weight excluding hydrogens is 278 g/mol. The topological polar surface area (TPSA) is 70.9 Å². The molecule has 2 aromatic heterocycles. The molecule has 0 radical (unpaired) electrons. The van der Waals surface area contributed by atoms with Crippen LogP contribution >= 0.6 is 0 Å². The first-order valence-electron chi connectivity index (χ1n) is 7.12. The first-order valence-corrected chi connectivity index (χ1v) is 7.12. The highest BCUT2D eigenvalue weighted by atomic mass is 16.4. The number of carbonyl (C=O) groups is 1. The molecule has 0 aliphatic rings. The Bertz CT molecular complexity index is 856. The number of nitrogens with zero attached hydrogens (tertiary/aromatic N) is 2. The Balaban J connectivity index is 1.96. The molecule has 2 heterocycles. The van der Waals surface area contributed by atoms with Crippen LogP contribution in [0.25, 0.3) is 28.4 Å². The van der Waals surface area contributed by atoms with E-state index in [0.717, 1.165) is 33.9 Å². The molecule has 112 valence electrons. The number of hydrogen-bond donors (Lipinski definition) is 2. The Morgan fingerprint density at radius 1 is 1.32 bits per heavy atom. The molecule has 0 atom stereocenters. The summed E-state index contributed by atoms with van der Waals surface area (Å²) in [6.07, 6.45) is 4.69. The standard InChI is InChI=1S/C17H17N3O2/c1-11(2)20-8-7-15(19-20)16-10-13-9-12(4-6-17(21)22)3-5-14(13)18-16/h3-11,18H,1-2H3,(H,21,22)/b6-4+. The number of rotatable bonds is 4. The smallest absolute Gasteiger partial charge is 0.328 e. The molecule has 0 aliphatic heterocycles. The third-order valence-corrected chi connectivity index (χ3v) is 3.48. The van der Waals surface area contributed by atoms with Gasteiger partial charge in [-0.15, -0.1) is 0 Å². The summed E-state index contributed by atoms with van der Waals surface area (Å²) in [6.45, 7) is 4.17. The largest absolute Gasteiger partial charge is 0.478 e. The van der Waals surface area contributed by atoms with Gasteiger partial charge in [0.2, 0.25) is 0 Å². The minimum absolute atomic E-state index is 0.325. The minimum atomic E-state index is -0.950. The van der Waals surface area contributed by atoms with Gasteiger partial charge in [0, 0.05) is 29.2 Å². The van der Waals surface area contributed by atoms with Crippen LogP contribution in [0.5, 0.6) is 0 Å². The number of aromatic nitrogens is 3. The van der Waals surface area contributed by atoms with Gasteiger partial charge < -0.3 is 10.1 Å². The van der Waals surface area contributed by atoms with Crippen LogP contribution in [0.3, 0.4) is 0 Å². The number of carboxylic acids is 1. The zero-order valence-electron chi connectivity index (χ0n) is 12.4. The summed E-state index contributed by atoms with van der Waals surface area (Å²) in [6, 6.07) is 10.1. The van der Waals surface area contributed by atoms with E-state index in [2.05, 4.69) is 23.9 Å².